The molecule has 0 unspecified atom stereocenters. The van der Waals surface area contributed by atoms with Gasteiger partial charge >= 0.3 is 18.4 Å². The summed E-state index contributed by atoms with van der Waals surface area (Å²) >= 11 is 0. The van der Waals surface area contributed by atoms with Gasteiger partial charge in [0, 0.05) is 12.1 Å². The minimum atomic E-state index is -4.39. The number of aromatic nitrogens is 2. The van der Waals surface area contributed by atoms with Gasteiger partial charge in [-0.1, -0.05) is 35.5 Å². The number of rotatable bonds is 5. The Balaban J connectivity index is 1.31. The molecule has 11 nitrogen and oxygen atoms in total. The van der Waals surface area contributed by atoms with Gasteiger partial charge in [0.1, 0.15) is 29.6 Å². The minimum Gasteiger partial charge on any atom is -0.489 e. The van der Waals surface area contributed by atoms with Crippen LogP contribution in [-0.2, 0) is 22.3 Å². The number of nitrogens with zero attached hydrogens (tertiary/aromatic N) is 4. The number of guanidine groups is 1. The van der Waals surface area contributed by atoms with E-state index in [2.05, 4.69) is 20.4 Å². The van der Waals surface area contributed by atoms with Crippen molar-refractivity contribution in [2.45, 2.75) is 84.4 Å². The van der Waals surface area contributed by atoms with E-state index in [-0.39, 0.29) is 18.5 Å². The van der Waals surface area contributed by atoms with Crippen molar-refractivity contribution in [2.24, 2.45) is 4.99 Å². The SMILES string of the molecule is CC(C)(C)OC(=O)/N=C(\NC(=O)OC(C)(C)C)N1CCC[C@H]1c1nc(-c2ccc3cc(OCc4ccc(C(F)(F)F)cc4)ccc3c2)no1. The van der Waals surface area contributed by atoms with E-state index in [1.165, 1.54) is 12.1 Å². The standard InChI is InChI=1S/C35H38F3N5O6/c1-33(2,3)47-31(44)40-30(41-32(45)48-34(4,5)6)43-17-7-8-27(43)29-39-28(42-49-29)24-12-11-23-19-26(16-13-22(23)18-24)46-20-21-9-14-25(15-10-21)35(36,37)38/h9-16,18-19,27H,7-8,17,20H2,1-6H3,(H,40,41,44,45)/t27-/m0/s1. The van der Waals surface area contributed by atoms with Crippen LogP contribution in [0.2, 0.25) is 0 Å². The van der Waals surface area contributed by atoms with Crippen molar-refractivity contribution in [3.8, 4) is 17.1 Å². The topological polar surface area (TPSA) is 128 Å². The fourth-order valence-corrected chi connectivity index (χ4v) is 5.10. The van der Waals surface area contributed by atoms with E-state index in [1.54, 1.807) is 52.5 Å². The summed E-state index contributed by atoms with van der Waals surface area (Å²) in [5, 5.41) is 8.54. The molecule has 1 aliphatic rings. The summed E-state index contributed by atoms with van der Waals surface area (Å²) in [6, 6.07) is 15.5. The molecular weight excluding hydrogens is 643 g/mol. The number of alkyl carbamates (subject to hydrolysis) is 1. The number of benzene rings is 3. The molecule has 0 bridgehead atoms. The molecule has 260 valence electrons. The maximum absolute atomic E-state index is 12.8. The summed E-state index contributed by atoms with van der Waals surface area (Å²) in [5.41, 5.74) is -0.982. The number of carbonyl (C=O) groups is 2. The van der Waals surface area contributed by atoms with Gasteiger partial charge in [0.05, 0.1) is 5.56 Å². The molecule has 1 aliphatic heterocycles. The fraction of sp³-hybridized carbons (Fsp3) is 0.400. The van der Waals surface area contributed by atoms with E-state index in [9.17, 15) is 22.8 Å². The van der Waals surface area contributed by atoms with Crippen LogP contribution in [0.3, 0.4) is 0 Å². The van der Waals surface area contributed by atoms with Crippen LogP contribution in [0.1, 0.15) is 77.4 Å². The number of hydrogen-bond acceptors (Lipinski definition) is 8. The summed E-state index contributed by atoms with van der Waals surface area (Å²) in [6.07, 6.45) is -4.75. The maximum atomic E-state index is 12.8. The molecule has 1 aromatic heterocycles. The number of alkyl halides is 3. The van der Waals surface area contributed by atoms with Gasteiger partial charge in [0.15, 0.2) is 0 Å². The zero-order valence-electron chi connectivity index (χ0n) is 28.1. The smallest absolute Gasteiger partial charge is 0.437 e. The summed E-state index contributed by atoms with van der Waals surface area (Å²) in [7, 11) is 0. The molecule has 0 spiro atoms. The number of nitrogens with one attached hydrogen (secondary N) is 1. The van der Waals surface area contributed by atoms with Gasteiger partial charge in [0.25, 0.3) is 0 Å². The summed E-state index contributed by atoms with van der Waals surface area (Å²) in [5.74, 6) is 1.14. The number of ether oxygens (including phenoxy) is 3. The number of aliphatic imine (C=N–C) groups is 1. The molecule has 0 aliphatic carbocycles. The van der Waals surface area contributed by atoms with Gasteiger partial charge in [-0.25, -0.2) is 9.59 Å². The number of hydrogen-bond donors (Lipinski definition) is 1. The van der Waals surface area contributed by atoms with Gasteiger partial charge in [-0.3, -0.25) is 5.32 Å². The molecular formula is C35H38F3N5O6. The highest BCUT2D eigenvalue weighted by Gasteiger charge is 2.35. The molecule has 49 heavy (non-hydrogen) atoms. The van der Waals surface area contributed by atoms with Crippen molar-refractivity contribution >= 4 is 28.9 Å². The second-order valence-electron chi connectivity index (χ2n) is 13.6. The van der Waals surface area contributed by atoms with Crippen molar-refractivity contribution < 1.29 is 41.5 Å². The first-order valence-electron chi connectivity index (χ1n) is 15.7. The minimum absolute atomic E-state index is 0.0483. The molecule has 14 heteroatoms. The largest absolute Gasteiger partial charge is 0.489 e. The van der Waals surface area contributed by atoms with Crippen molar-refractivity contribution in [3.05, 3.63) is 77.7 Å². The van der Waals surface area contributed by atoms with Crippen LogP contribution in [0.5, 0.6) is 5.75 Å². The van der Waals surface area contributed by atoms with E-state index in [4.69, 9.17) is 18.7 Å². The highest BCUT2D eigenvalue weighted by atomic mass is 19.4. The molecule has 1 fully saturated rings. The van der Waals surface area contributed by atoms with E-state index in [0.29, 0.717) is 42.1 Å². The molecule has 5 rings (SSSR count). The lowest BCUT2D eigenvalue weighted by Crippen LogP contribution is -2.46. The first-order chi connectivity index (χ1) is 22.9. The van der Waals surface area contributed by atoms with E-state index < -0.39 is 41.2 Å². The Kier molecular flexibility index (Phi) is 9.88. The average molecular weight is 682 g/mol. The third-order valence-electron chi connectivity index (χ3n) is 7.21. The third kappa shape index (κ3) is 9.48. The van der Waals surface area contributed by atoms with Crippen LogP contribution in [0.4, 0.5) is 22.8 Å². The summed E-state index contributed by atoms with van der Waals surface area (Å²) < 4.78 is 60.8. The zero-order chi connectivity index (χ0) is 35.6. The Hall–Kier alpha value is -5.14. The average Bonchev–Trinajstić information content (AvgIpc) is 3.68. The normalized spacial score (nSPS) is 15.7. The highest BCUT2D eigenvalue weighted by Crippen LogP contribution is 2.34. The lowest BCUT2D eigenvalue weighted by molar-refractivity contribution is -0.137. The van der Waals surface area contributed by atoms with Crippen LogP contribution < -0.4 is 10.1 Å². The third-order valence-corrected chi connectivity index (χ3v) is 7.21. The Bertz CT molecular complexity index is 1840. The molecule has 0 saturated carbocycles. The Labute approximate surface area is 281 Å². The molecule has 3 aromatic carbocycles. The molecule has 4 aromatic rings. The zero-order valence-corrected chi connectivity index (χ0v) is 28.1. The number of amides is 2. The lowest BCUT2D eigenvalue weighted by atomic mass is 10.1. The van der Waals surface area contributed by atoms with Crippen LogP contribution in [0.25, 0.3) is 22.2 Å². The van der Waals surface area contributed by atoms with E-state index >= 15 is 0 Å². The monoisotopic (exact) mass is 681 g/mol. The quantitative estimate of drug-likeness (QED) is 0.163. The van der Waals surface area contributed by atoms with Gasteiger partial charge in [-0.05, 0) is 101 Å². The number of likely N-dealkylation sites (tertiary alicyclic amines) is 1. The molecule has 1 saturated heterocycles. The molecule has 0 radical (unpaired) electrons. The summed E-state index contributed by atoms with van der Waals surface area (Å²) in [6.45, 7) is 10.9. The predicted molar refractivity (Wildman–Crippen MR) is 175 cm³/mol. The van der Waals surface area contributed by atoms with E-state index in [0.717, 1.165) is 22.9 Å². The Morgan fingerprint density at radius 3 is 2.29 bits per heavy atom. The number of fused-ring (bicyclic) bond motifs is 1. The van der Waals surface area contributed by atoms with Crippen molar-refractivity contribution in [1.29, 1.82) is 0 Å². The number of carbonyl (C=O) groups excluding carboxylic acids is 2. The Morgan fingerprint density at radius 2 is 1.61 bits per heavy atom. The Morgan fingerprint density at radius 1 is 0.939 bits per heavy atom. The van der Waals surface area contributed by atoms with Gasteiger partial charge in [-0.15, -0.1) is 4.99 Å². The molecule has 1 atom stereocenters. The first kappa shape index (κ1) is 35.2. The van der Waals surface area contributed by atoms with Crippen molar-refractivity contribution in [3.63, 3.8) is 0 Å². The van der Waals surface area contributed by atoms with Gasteiger partial charge < -0.3 is 23.6 Å². The predicted octanol–water partition coefficient (Wildman–Crippen LogP) is 8.44. The van der Waals surface area contributed by atoms with Crippen LogP contribution in [0, 0.1) is 0 Å². The maximum Gasteiger partial charge on any atom is 0.437 e. The van der Waals surface area contributed by atoms with Gasteiger partial charge in [0.2, 0.25) is 17.7 Å². The highest BCUT2D eigenvalue weighted by molar-refractivity contribution is 5.99. The lowest BCUT2D eigenvalue weighted by Gasteiger charge is -2.27. The second-order valence-corrected chi connectivity index (χ2v) is 13.6. The van der Waals surface area contributed by atoms with E-state index in [1.807, 2.05) is 30.3 Å². The first-order valence-corrected chi connectivity index (χ1v) is 15.7. The molecule has 1 N–H and O–H groups in total. The van der Waals surface area contributed by atoms with Crippen LogP contribution >= 0.6 is 0 Å². The number of halogens is 3. The van der Waals surface area contributed by atoms with Crippen LogP contribution in [-0.4, -0.2) is 50.9 Å². The second kappa shape index (κ2) is 13.8. The fourth-order valence-electron chi connectivity index (χ4n) is 5.10. The molecule has 2 amide bonds. The van der Waals surface area contributed by atoms with Crippen LogP contribution in [0.15, 0.2) is 70.2 Å². The van der Waals surface area contributed by atoms with Crippen molar-refractivity contribution in [2.75, 3.05) is 6.54 Å². The molecule has 2 heterocycles. The van der Waals surface area contributed by atoms with Crippen molar-refractivity contribution in [1.82, 2.24) is 20.4 Å². The summed E-state index contributed by atoms with van der Waals surface area (Å²) in [4.78, 5) is 35.8. The van der Waals surface area contributed by atoms with Gasteiger partial charge in [-0.2, -0.15) is 18.2 Å².